The van der Waals surface area contributed by atoms with Crippen molar-refractivity contribution in [2.75, 3.05) is 13.2 Å². The molecule has 16 heteroatoms. The van der Waals surface area contributed by atoms with Crippen molar-refractivity contribution in [3.05, 3.63) is 48.9 Å². The Labute approximate surface area is 181 Å². The van der Waals surface area contributed by atoms with E-state index in [1.807, 2.05) is 0 Å². The van der Waals surface area contributed by atoms with E-state index in [1.165, 1.54) is 0 Å². The number of aromatic amines is 2. The van der Waals surface area contributed by atoms with E-state index in [-0.39, 0.29) is 54.3 Å². The summed E-state index contributed by atoms with van der Waals surface area (Å²) in [6, 6.07) is 0. The van der Waals surface area contributed by atoms with Gasteiger partial charge in [0.15, 0.2) is 13.2 Å². The molecule has 2 N–H and O–H groups in total. The molecule has 2 aromatic rings. The van der Waals surface area contributed by atoms with Gasteiger partial charge in [0.1, 0.15) is 39.9 Å². The lowest BCUT2D eigenvalue weighted by Crippen LogP contribution is -2.35. The van der Waals surface area contributed by atoms with E-state index < -0.39 is 21.0 Å². The number of nitrogens with one attached hydrogen (secondary N) is 2. The Hall–Kier alpha value is -3.66. The summed E-state index contributed by atoms with van der Waals surface area (Å²) < 4.78 is 11.1. The van der Waals surface area contributed by atoms with Crippen LogP contribution in [-0.4, -0.2) is 59.7 Å². The zero-order chi connectivity index (χ0) is 23.9. The monoisotopic (exact) mass is 458 g/mol. The molecule has 0 atom stereocenters. The lowest BCUT2D eigenvalue weighted by Gasteiger charge is -2.22. The van der Waals surface area contributed by atoms with Crippen molar-refractivity contribution in [1.82, 2.24) is 20.4 Å². The molecule has 0 aliphatic rings. The van der Waals surface area contributed by atoms with Crippen LogP contribution in [0.15, 0.2) is 12.4 Å². The van der Waals surface area contributed by atoms with Crippen LogP contribution in [0.4, 0.5) is 11.4 Å². The predicted molar refractivity (Wildman–Crippen MR) is 104 cm³/mol. The van der Waals surface area contributed by atoms with E-state index in [4.69, 9.17) is 19.1 Å². The summed E-state index contributed by atoms with van der Waals surface area (Å²) in [6.07, 6.45) is 2.15. The Bertz CT molecular complexity index is 879. The molecule has 0 fully saturated rings. The van der Waals surface area contributed by atoms with Gasteiger partial charge in [-0.25, -0.2) is 0 Å². The number of nitro groups is 2. The highest BCUT2D eigenvalue weighted by Gasteiger charge is 2.31. The first-order valence-corrected chi connectivity index (χ1v) is 9.24. The standard InChI is InChI=1S/C16H24N7O9/c1-15(2,29-7-11-13(21(24)25)5-17-19-11)9-31-23(28)32-10-16(3,4)30-8-12-14(22(26)27)6-18-20-12/h5-6H,7-10H2,1-4H3,(H,17,19)(H,18,20)/q+1. The van der Waals surface area contributed by atoms with Crippen molar-refractivity contribution in [2.45, 2.75) is 52.1 Å². The fourth-order valence-electron chi connectivity index (χ4n) is 2.21. The Morgan fingerprint density at radius 2 is 1.19 bits per heavy atom. The van der Waals surface area contributed by atoms with Crippen molar-refractivity contribution >= 4 is 11.4 Å². The van der Waals surface area contributed by atoms with Crippen LogP contribution in [-0.2, 0) is 32.4 Å². The third kappa shape index (κ3) is 7.24. The molecule has 32 heavy (non-hydrogen) atoms. The second kappa shape index (κ2) is 10.1. The Morgan fingerprint density at radius 3 is 1.53 bits per heavy atom. The van der Waals surface area contributed by atoms with Gasteiger partial charge in [-0.15, -0.1) is 0 Å². The average molecular weight is 458 g/mol. The first-order valence-electron chi connectivity index (χ1n) is 9.24. The van der Waals surface area contributed by atoms with Crippen LogP contribution in [0.5, 0.6) is 0 Å². The van der Waals surface area contributed by atoms with Crippen molar-refractivity contribution in [2.24, 2.45) is 0 Å². The molecule has 0 unspecified atom stereocenters. The van der Waals surface area contributed by atoms with Crippen molar-refractivity contribution in [1.29, 1.82) is 0 Å². The largest absolute Gasteiger partial charge is 0.477 e. The molecule has 0 saturated heterocycles. The summed E-state index contributed by atoms with van der Waals surface area (Å²) in [4.78, 5) is 42.4. The van der Waals surface area contributed by atoms with Gasteiger partial charge < -0.3 is 9.47 Å². The van der Waals surface area contributed by atoms with Gasteiger partial charge in [0.05, 0.1) is 23.1 Å². The Balaban J connectivity index is 1.75. The van der Waals surface area contributed by atoms with E-state index >= 15 is 0 Å². The lowest BCUT2D eigenvalue weighted by atomic mass is 10.1. The van der Waals surface area contributed by atoms with Crippen molar-refractivity contribution < 1.29 is 34.1 Å². The van der Waals surface area contributed by atoms with Crippen LogP contribution < -0.4 is 0 Å². The van der Waals surface area contributed by atoms with Crippen LogP contribution in [0.2, 0.25) is 0 Å². The highest BCUT2D eigenvalue weighted by molar-refractivity contribution is 5.31. The van der Waals surface area contributed by atoms with E-state index in [1.54, 1.807) is 27.7 Å². The number of hydrogen-bond donors (Lipinski definition) is 2. The third-order valence-electron chi connectivity index (χ3n) is 4.03. The lowest BCUT2D eigenvalue weighted by molar-refractivity contribution is -0.983. The summed E-state index contributed by atoms with van der Waals surface area (Å²) >= 11 is 0. The molecule has 0 bridgehead atoms. The number of hydrogen-bond acceptors (Lipinski definition) is 11. The second-order valence-electron chi connectivity index (χ2n) is 7.85. The second-order valence-corrected chi connectivity index (χ2v) is 7.85. The molecule has 0 radical (unpaired) electrons. The van der Waals surface area contributed by atoms with Crippen molar-refractivity contribution in [3.63, 3.8) is 0 Å². The molecule has 0 aliphatic carbocycles. The van der Waals surface area contributed by atoms with Crippen molar-refractivity contribution in [3.8, 4) is 0 Å². The molecular formula is C16H24N7O9+. The highest BCUT2D eigenvalue weighted by atomic mass is 17.0. The Kier molecular flexibility index (Phi) is 7.77. The van der Waals surface area contributed by atoms with Gasteiger partial charge in [0.2, 0.25) is 0 Å². The molecule has 0 spiro atoms. The van der Waals surface area contributed by atoms with Crippen LogP contribution in [0.25, 0.3) is 0 Å². The van der Waals surface area contributed by atoms with Crippen LogP contribution in [0.1, 0.15) is 39.1 Å². The molecule has 16 nitrogen and oxygen atoms in total. The molecule has 2 heterocycles. The quantitative estimate of drug-likeness (QED) is 0.309. The first-order chi connectivity index (χ1) is 14.9. The number of ether oxygens (including phenoxy) is 2. The van der Waals surface area contributed by atoms with Gasteiger partial charge in [0.25, 0.3) is 0 Å². The van der Waals surface area contributed by atoms with Gasteiger partial charge in [-0.05, 0) is 27.7 Å². The maximum atomic E-state index is 11.8. The topological polar surface area (TPSA) is 201 Å². The van der Waals surface area contributed by atoms with E-state index in [0.29, 0.717) is 0 Å². The fraction of sp³-hybridized carbons (Fsp3) is 0.625. The molecule has 0 aromatic carbocycles. The van der Waals surface area contributed by atoms with Gasteiger partial charge >= 0.3 is 16.5 Å². The van der Waals surface area contributed by atoms with Gasteiger partial charge in [0, 0.05) is 0 Å². The fourth-order valence-corrected chi connectivity index (χ4v) is 2.21. The smallest absolute Gasteiger partial charge is 0.365 e. The van der Waals surface area contributed by atoms with Gasteiger partial charge in [-0.3, -0.25) is 30.4 Å². The number of aromatic nitrogens is 4. The summed E-state index contributed by atoms with van der Waals surface area (Å²) in [6.45, 7) is 5.74. The maximum absolute atomic E-state index is 11.8. The number of rotatable bonds is 14. The van der Waals surface area contributed by atoms with Crippen LogP contribution in [0, 0.1) is 25.1 Å². The SMILES string of the molecule is CC(C)(CO[N+](=O)OCC(C)(C)OCc1[nH]ncc1[N+](=O)[O-])OCc1[nH]ncc1[N+](=O)[O-]. The zero-order valence-corrected chi connectivity index (χ0v) is 17.9. The van der Waals surface area contributed by atoms with Crippen LogP contribution in [0.3, 0.4) is 0 Å². The molecular weight excluding hydrogens is 434 g/mol. The zero-order valence-electron chi connectivity index (χ0n) is 17.9. The van der Waals surface area contributed by atoms with E-state index in [2.05, 4.69) is 20.4 Å². The molecule has 2 rings (SSSR count). The summed E-state index contributed by atoms with van der Waals surface area (Å²) in [5, 5.41) is 33.8. The minimum absolute atomic E-state index is 0.104. The summed E-state index contributed by atoms with van der Waals surface area (Å²) in [5.41, 5.74) is -2.05. The summed E-state index contributed by atoms with van der Waals surface area (Å²) in [5.74, 6) is 0. The number of H-pyrrole nitrogens is 2. The molecule has 176 valence electrons. The average Bonchev–Trinajstić information content (AvgIpc) is 3.37. The predicted octanol–water partition coefficient (Wildman–Crippen LogP) is 1.88. The van der Waals surface area contributed by atoms with E-state index in [0.717, 1.165) is 12.4 Å². The van der Waals surface area contributed by atoms with Crippen LogP contribution >= 0.6 is 0 Å². The first kappa shape index (κ1) is 24.6. The molecule has 2 aromatic heterocycles. The Morgan fingerprint density at radius 1 is 0.812 bits per heavy atom. The minimum Gasteiger partial charge on any atom is -0.365 e. The highest BCUT2D eigenvalue weighted by Crippen LogP contribution is 2.21. The third-order valence-corrected chi connectivity index (χ3v) is 4.03. The number of nitrogens with zero attached hydrogens (tertiary/aromatic N) is 5. The van der Waals surface area contributed by atoms with E-state index in [9.17, 15) is 25.1 Å². The minimum atomic E-state index is -0.990. The molecule has 0 amide bonds. The maximum Gasteiger partial charge on any atom is 0.477 e. The van der Waals surface area contributed by atoms with Gasteiger partial charge in [-0.2, -0.15) is 19.9 Å². The molecule has 0 aliphatic heterocycles. The normalized spacial score (nSPS) is 11.9. The molecule has 0 saturated carbocycles. The van der Waals surface area contributed by atoms with Gasteiger partial charge in [-0.1, -0.05) is 0 Å². The summed E-state index contributed by atoms with van der Waals surface area (Å²) in [7, 11) is 0.